The first-order chi connectivity index (χ1) is 5.49. The second kappa shape index (κ2) is 6.99. The van der Waals surface area contributed by atoms with Crippen LogP contribution < -0.4 is 24.0 Å². The van der Waals surface area contributed by atoms with Crippen LogP contribution in [0.4, 0.5) is 4.79 Å². The van der Waals surface area contributed by atoms with Gasteiger partial charge in [-0.1, -0.05) is 6.54 Å². The van der Waals surface area contributed by atoms with E-state index in [9.17, 15) is 4.79 Å². The zero-order valence-corrected chi connectivity index (χ0v) is 14.2. The van der Waals surface area contributed by atoms with E-state index in [1.54, 1.807) is 4.90 Å². The van der Waals surface area contributed by atoms with Crippen molar-refractivity contribution in [1.82, 2.24) is 4.90 Å². The minimum Gasteiger partial charge on any atom is -1.00 e. The van der Waals surface area contributed by atoms with Crippen molar-refractivity contribution in [3.8, 4) is 0 Å². The zero-order chi connectivity index (χ0) is 9.19. The van der Waals surface area contributed by atoms with Crippen molar-refractivity contribution in [2.24, 2.45) is 0 Å². The van der Waals surface area contributed by atoms with Gasteiger partial charge in [0, 0.05) is 0 Å². The Morgan fingerprint density at radius 1 is 1.43 bits per heavy atom. The van der Waals surface area contributed by atoms with Crippen LogP contribution in [0.3, 0.4) is 0 Å². The van der Waals surface area contributed by atoms with E-state index in [0.29, 0.717) is 0 Å². The summed E-state index contributed by atoms with van der Waals surface area (Å²) < 4.78 is 5.19. The molecule has 0 unspecified atom stereocenters. The predicted molar refractivity (Wildman–Crippen MR) is 46.7 cm³/mol. The molecule has 78 valence electrons. The average molecular weight is 363 g/mol. The molecule has 1 aliphatic heterocycles. The SMILES string of the molecule is CC(C)(C)OC(=O)N1C[CH-]CC1.[I-].[Zn+2]. The van der Waals surface area contributed by atoms with Gasteiger partial charge in [-0.2, -0.15) is 6.42 Å². The third-order valence-electron chi connectivity index (χ3n) is 1.60. The Kier molecular flexibility index (Phi) is 8.50. The topological polar surface area (TPSA) is 29.5 Å². The summed E-state index contributed by atoms with van der Waals surface area (Å²) in [5, 5.41) is 0. The van der Waals surface area contributed by atoms with E-state index in [2.05, 4.69) is 6.42 Å². The van der Waals surface area contributed by atoms with Crippen LogP contribution in [0.25, 0.3) is 0 Å². The average Bonchev–Trinajstić information content (AvgIpc) is 2.32. The number of hydrogen-bond acceptors (Lipinski definition) is 2. The van der Waals surface area contributed by atoms with Crippen LogP contribution in [-0.4, -0.2) is 29.7 Å². The van der Waals surface area contributed by atoms with Crippen molar-refractivity contribution in [3.63, 3.8) is 0 Å². The van der Waals surface area contributed by atoms with Gasteiger partial charge < -0.3 is 40.0 Å². The molecule has 0 aromatic carbocycles. The summed E-state index contributed by atoms with van der Waals surface area (Å²) in [6.07, 6.45) is 2.87. The fourth-order valence-electron chi connectivity index (χ4n) is 1.08. The number of nitrogens with zero attached hydrogens (tertiary/aromatic N) is 1. The number of carbonyl (C=O) groups is 1. The monoisotopic (exact) mass is 361 g/mol. The van der Waals surface area contributed by atoms with Crippen LogP contribution in [0.1, 0.15) is 27.2 Å². The molecule has 1 fully saturated rings. The molecule has 1 heterocycles. The van der Waals surface area contributed by atoms with Crippen LogP contribution in [0.15, 0.2) is 0 Å². The first-order valence-electron chi connectivity index (χ1n) is 4.28. The van der Waals surface area contributed by atoms with Crippen LogP contribution in [-0.2, 0) is 24.2 Å². The van der Waals surface area contributed by atoms with Gasteiger partial charge in [0.1, 0.15) is 5.60 Å². The maximum Gasteiger partial charge on any atom is 2.00 e. The molecular formula is C9H16INO2Zn. The van der Waals surface area contributed by atoms with Crippen molar-refractivity contribution >= 4 is 6.09 Å². The zero-order valence-electron chi connectivity index (χ0n) is 9.05. The number of ether oxygens (including phenoxy) is 1. The van der Waals surface area contributed by atoms with Gasteiger partial charge in [-0.3, -0.25) is 0 Å². The molecule has 1 rings (SSSR count). The second-order valence-electron chi connectivity index (χ2n) is 4.00. The quantitative estimate of drug-likeness (QED) is 0.309. The van der Waals surface area contributed by atoms with E-state index >= 15 is 0 Å². The molecule has 0 bridgehead atoms. The van der Waals surface area contributed by atoms with Crippen molar-refractivity contribution in [2.75, 3.05) is 13.1 Å². The first kappa shape index (κ1) is 17.0. The van der Waals surface area contributed by atoms with Crippen LogP contribution in [0.2, 0.25) is 0 Å². The third-order valence-corrected chi connectivity index (χ3v) is 1.60. The molecule has 5 heteroatoms. The van der Waals surface area contributed by atoms with Gasteiger partial charge >= 0.3 is 25.6 Å². The van der Waals surface area contributed by atoms with E-state index in [1.165, 1.54) is 0 Å². The minimum atomic E-state index is -0.375. The van der Waals surface area contributed by atoms with Crippen molar-refractivity contribution in [3.05, 3.63) is 6.42 Å². The summed E-state index contributed by atoms with van der Waals surface area (Å²) in [6, 6.07) is 0. The van der Waals surface area contributed by atoms with E-state index in [1.807, 2.05) is 20.8 Å². The Balaban J connectivity index is 0. The number of rotatable bonds is 0. The van der Waals surface area contributed by atoms with Crippen molar-refractivity contribution in [1.29, 1.82) is 0 Å². The molecular weight excluding hydrogens is 346 g/mol. The van der Waals surface area contributed by atoms with E-state index < -0.39 is 0 Å². The summed E-state index contributed by atoms with van der Waals surface area (Å²) in [7, 11) is 0. The summed E-state index contributed by atoms with van der Waals surface area (Å²) >= 11 is 0. The van der Waals surface area contributed by atoms with E-state index in [0.717, 1.165) is 19.5 Å². The molecule has 1 saturated heterocycles. The molecule has 3 nitrogen and oxygen atoms in total. The largest absolute Gasteiger partial charge is 2.00 e. The van der Waals surface area contributed by atoms with Crippen molar-refractivity contribution in [2.45, 2.75) is 32.8 Å². The van der Waals surface area contributed by atoms with Crippen LogP contribution in [0, 0.1) is 6.42 Å². The second-order valence-corrected chi connectivity index (χ2v) is 4.00. The molecule has 1 aliphatic rings. The van der Waals surface area contributed by atoms with Crippen LogP contribution >= 0.6 is 0 Å². The van der Waals surface area contributed by atoms with Gasteiger partial charge in [0.15, 0.2) is 0 Å². The molecule has 0 aromatic heterocycles. The Hall–Kier alpha value is 0.623. The Bertz CT molecular complexity index is 176. The Morgan fingerprint density at radius 3 is 2.36 bits per heavy atom. The molecule has 0 radical (unpaired) electrons. The maximum atomic E-state index is 11.3. The fourth-order valence-corrected chi connectivity index (χ4v) is 1.08. The van der Waals surface area contributed by atoms with Gasteiger partial charge in [0.25, 0.3) is 0 Å². The number of likely N-dealkylation sites (tertiary alicyclic amines) is 1. The summed E-state index contributed by atoms with van der Waals surface area (Å²) in [6.45, 7) is 7.17. The van der Waals surface area contributed by atoms with Crippen LogP contribution in [0.5, 0.6) is 0 Å². The summed E-state index contributed by atoms with van der Waals surface area (Å²) in [4.78, 5) is 13.1. The molecule has 1 amide bonds. The maximum absolute atomic E-state index is 11.3. The first-order valence-corrected chi connectivity index (χ1v) is 4.28. The molecule has 0 N–H and O–H groups in total. The number of halogens is 1. The minimum absolute atomic E-state index is 0. The number of hydrogen-bond donors (Lipinski definition) is 0. The van der Waals surface area contributed by atoms with Gasteiger partial charge in [0.2, 0.25) is 0 Å². The van der Waals surface area contributed by atoms with Gasteiger partial charge in [-0.15, -0.1) is 0 Å². The summed E-state index contributed by atoms with van der Waals surface area (Å²) in [5.74, 6) is 0. The normalized spacial score (nSPS) is 15.5. The summed E-state index contributed by atoms with van der Waals surface area (Å²) in [5.41, 5.74) is -0.375. The smallest absolute Gasteiger partial charge is 1.00 e. The fraction of sp³-hybridized carbons (Fsp3) is 0.778. The molecule has 0 spiro atoms. The molecule has 0 saturated carbocycles. The van der Waals surface area contributed by atoms with Crippen molar-refractivity contribution < 1.29 is 53.0 Å². The Morgan fingerprint density at radius 2 is 2.00 bits per heavy atom. The van der Waals surface area contributed by atoms with Gasteiger partial charge in [0.05, 0.1) is 0 Å². The van der Waals surface area contributed by atoms with E-state index in [4.69, 9.17) is 4.74 Å². The van der Waals surface area contributed by atoms with Gasteiger partial charge in [-0.05, 0) is 27.3 Å². The molecule has 0 atom stereocenters. The standard InChI is InChI=1S/C9H16NO2.HI.Zn/c1-9(2,3)12-8(11)10-6-4-5-7-10;;/h4H,5-7H2,1-3H3;1H;/q-1;;+2/p-1. The van der Waals surface area contributed by atoms with Gasteiger partial charge in [-0.25, -0.2) is 4.79 Å². The third kappa shape index (κ3) is 6.17. The molecule has 14 heavy (non-hydrogen) atoms. The molecule has 0 aliphatic carbocycles. The number of carbonyl (C=O) groups excluding carboxylic acids is 1. The molecule has 0 aromatic rings. The van der Waals surface area contributed by atoms with E-state index in [-0.39, 0.29) is 55.1 Å². The predicted octanol–water partition coefficient (Wildman–Crippen LogP) is -1.17. The number of amides is 1. The Labute approximate surface area is 116 Å².